The summed E-state index contributed by atoms with van der Waals surface area (Å²) in [5.74, 6) is 0. The van der Waals surface area contributed by atoms with Gasteiger partial charge in [-0.15, -0.1) is 11.3 Å². The van der Waals surface area contributed by atoms with Gasteiger partial charge >= 0.3 is 0 Å². The molecule has 17 heavy (non-hydrogen) atoms. The molecule has 3 rings (SSSR count). The van der Waals surface area contributed by atoms with Gasteiger partial charge in [0.1, 0.15) is 5.52 Å². The van der Waals surface area contributed by atoms with E-state index in [9.17, 15) is 0 Å². The van der Waals surface area contributed by atoms with Crippen molar-refractivity contribution < 1.29 is 0 Å². The molecule has 90 valence electrons. The summed E-state index contributed by atoms with van der Waals surface area (Å²) in [6.45, 7) is 2.04. The Balaban J connectivity index is 1.82. The topological polar surface area (TPSA) is 37.0 Å². The third-order valence-electron chi connectivity index (χ3n) is 3.14. The maximum absolute atomic E-state index is 6.23. The second-order valence-electron chi connectivity index (χ2n) is 4.30. The highest BCUT2D eigenvalue weighted by molar-refractivity contribution is 7.16. The van der Waals surface area contributed by atoms with Crippen molar-refractivity contribution in [3.05, 3.63) is 22.7 Å². The molecule has 3 nitrogen and oxygen atoms in total. The van der Waals surface area contributed by atoms with Crippen LogP contribution in [0.15, 0.2) is 17.6 Å². The third kappa shape index (κ3) is 2.25. The van der Waals surface area contributed by atoms with Crippen LogP contribution in [0.25, 0.3) is 10.2 Å². The quantitative estimate of drug-likeness (QED) is 0.897. The van der Waals surface area contributed by atoms with Gasteiger partial charge < -0.3 is 10.6 Å². The molecule has 1 saturated heterocycles. The Morgan fingerprint density at radius 2 is 2.47 bits per heavy atom. The van der Waals surface area contributed by atoms with E-state index in [2.05, 4.69) is 15.6 Å². The smallest absolute Gasteiger partial charge is 0.106 e. The highest BCUT2D eigenvalue weighted by atomic mass is 35.5. The average molecular weight is 268 g/mol. The Morgan fingerprint density at radius 3 is 3.29 bits per heavy atom. The fourth-order valence-electron chi connectivity index (χ4n) is 2.23. The molecule has 1 fully saturated rings. The molecule has 5 heteroatoms. The van der Waals surface area contributed by atoms with E-state index in [0.29, 0.717) is 6.04 Å². The molecule has 2 heterocycles. The summed E-state index contributed by atoms with van der Waals surface area (Å²) in [6.07, 6.45) is 2.50. The van der Waals surface area contributed by atoms with E-state index in [4.69, 9.17) is 11.6 Å². The predicted molar refractivity (Wildman–Crippen MR) is 74.1 cm³/mol. The molecule has 2 aromatic rings. The molecule has 1 aliphatic heterocycles. The van der Waals surface area contributed by atoms with Gasteiger partial charge in [0.05, 0.1) is 20.9 Å². The first-order valence-corrected chi connectivity index (χ1v) is 7.09. The van der Waals surface area contributed by atoms with Crippen LogP contribution < -0.4 is 10.6 Å². The van der Waals surface area contributed by atoms with Crippen LogP contribution in [-0.4, -0.2) is 24.1 Å². The minimum absolute atomic E-state index is 0.556. The van der Waals surface area contributed by atoms with E-state index in [1.165, 1.54) is 17.5 Å². The van der Waals surface area contributed by atoms with Crippen molar-refractivity contribution in [3.8, 4) is 0 Å². The van der Waals surface area contributed by atoms with Gasteiger partial charge in [0.2, 0.25) is 0 Å². The molecule has 0 aliphatic carbocycles. The zero-order valence-electron chi connectivity index (χ0n) is 9.37. The SMILES string of the molecule is Clc1ccc2scnc2c1NCC1CCCN1. The van der Waals surface area contributed by atoms with Crippen LogP contribution in [-0.2, 0) is 0 Å². The second-order valence-corrected chi connectivity index (χ2v) is 5.59. The predicted octanol–water partition coefficient (Wildman–Crippen LogP) is 3.11. The van der Waals surface area contributed by atoms with Crippen molar-refractivity contribution in [2.24, 2.45) is 0 Å². The summed E-state index contributed by atoms with van der Waals surface area (Å²) in [4.78, 5) is 4.38. The van der Waals surface area contributed by atoms with Crippen LogP contribution in [0.2, 0.25) is 5.02 Å². The molecule has 1 unspecified atom stereocenters. The molecule has 0 bridgehead atoms. The molecule has 1 aromatic carbocycles. The van der Waals surface area contributed by atoms with Crippen LogP contribution in [0.3, 0.4) is 0 Å². The zero-order chi connectivity index (χ0) is 11.7. The lowest BCUT2D eigenvalue weighted by atomic mass is 10.2. The number of rotatable bonds is 3. The van der Waals surface area contributed by atoms with Gasteiger partial charge in [0.15, 0.2) is 0 Å². The molecule has 1 aromatic heterocycles. The summed E-state index contributed by atoms with van der Waals surface area (Å²) in [7, 11) is 0. The fraction of sp³-hybridized carbons (Fsp3) is 0.417. The fourth-order valence-corrected chi connectivity index (χ4v) is 3.13. The first-order valence-electron chi connectivity index (χ1n) is 5.83. The molecule has 0 saturated carbocycles. The Hall–Kier alpha value is -0.840. The number of hydrogen-bond acceptors (Lipinski definition) is 4. The molecule has 0 amide bonds. The lowest BCUT2D eigenvalue weighted by Crippen LogP contribution is -2.29. The van der Waals surface area contributed by atoms with Crippen molar-refractivity contribution in [2.45, 2.75) is 18.9 Å². The van der Waals surface area contributed by atoms with E-state index in [1.807, 2.05) is 17.6 Å². The highest BCUT2D eigenvalue weighted by Gasteiger charge is 2.15. The Labute approximate surface area is 109 Å². The summed E-state index contributed by atoms with van der Waals surface area (Å²) in [6, 6.07) is 4.51. The Bertz CT molecular complexity index is 519. The van der Waals surface area contributed by atoms with Crippen molar-refractivity contribution in [2.75, 3.05) is 18.4 Å². The largest absolute Gasteiger partial charge is 0.380 e. The van der Waals surface area contributed by atoms with Gasteiger partial charge in [-0.25, -0.2) is 4.98 Å². The monoisotopic (exact) mass is 267 g/mol. The van der Waals surface area contributed by atoms with Gasteiger partial charge in [-0.05, 0) is 31.5 Å². The van der Waals surface area contributed by atoms with E-state index in [1.54, 1.807) is 11.3 Å². The van der Waals surface area contributed by atoms with Crippen molar-refractivity contribution in [1.82, 2.24) is 10.3 Å². The number of halogens is 1. The first kappa shape index (κ1) is 11.3. The maximum Gasteiger partial charge on any atom is 0.106 e. The van der Waals surface area contributed by atoms with Crippen LogP contribution in [0.1, 0.15) is 12.8 Å². The van der Waals surface area contributed by atoms with Crippen molar-refractivity contribution in [3.63, 3.8) is 0 Å². The van der Waals surface area contributed by atoms with Gasteiger partial charge in [0, 0.05) is 12.6 Å². The molecule has 2 N–H and O–H groups in total. The molecular weight excluding hydrogens is 254 g/mol. The number of benzene rings is 1. The molecule has 0 radical (unpaired) electrons. The lowest BCUT2D eigenvalue weighted by Gasteiger charge is -2.14. The normalized spacial score (nSPS) is 19.9. The minimum atomic E-state index is 0.556. The Morgan fingerprint density at radius 1 is 1.53 bits per heavy atom. The molecule has 1 aliphatic rings. The van der Waals surface area contributed by atoms with E-state index >= 15 is 0 Å². The number of thiazole rings is 1. The number of hydrogen-bond donors (Lipinski definition) is 2. The number of anilines is 1. The summed E-state index contributed by atoms with van der Waals surface area (Å²) in [5, 5.41) is 7.65. The van der Waals surface area contributed by atoms with E-state index in [-0.39, 0.29) is 0 Å². The van der Waals surface area contributed by atoms with E-state index in [0.717, 1.165) is 29.3 Å². The van der Waals surface area contributed by atoms with Crippen LogP contribution >= 0.6 is 22.9 Å². The van der Waals surface area contributed by atoms with E-state index < -0.39 is 0 Å². The van der Waals surface area contributed by atoms with Crippen molar-refractivity contribution >= 4 is 38.8 Å². The van der Waals surface area contributed by atoms with Gasteiger partial charge in [-0.2, -0.15) is 0 Å². The van der Waals surface area contributed by atoms with Crippen LogP contribution in [0.4, 0.5) is 5.69 Å². The van der Waals surface area contributed by atoms with Crippen molar-refractivity contribution in [1.29, 1.82) is 0 Å². The van der Waals surface area contributed by atoms with Gasteiger partial charge in [-0.3, -0.25) is 0 Å². The molecule has 1 atom stereocenters. The molecular formula is C12H14ClN3S. The third-order valence-corrected chi connectivity index (χ3v) is 4.25. The molecule has 0 spiro atoms. The lowest BCUT2D eigenvalue weighted by molar-refractivity contribution is 0.634. The first-order chi connectivity index (χ1) is 8.34. The standard InChI is InChI=1S/C12H14ClN3S/c13-9-3-4-10-12(16-7-17-10)11(9)15-6-8-2-1-5-14-8/h3-4,7-8,14-15H,1-2,5-6H2. The maximum atomic E-state index is 6.23. The Kier molecular flexibility index (Phi) is 3.18. The van der Waals surface area contributed by atoms with Crippen LogP contribution in [0, 0.1) is 0 Å². The average Bonchev–Trinajstić information content (AvgIpc) is 2.97. The number of aromatic nitrogens is 1. The highest BCUT2D eigenvalue weighted by Crippen LogP contribution is 2.32. The summed E-state index contributed by atoms with van der Waals surface area (Å²) >= 11 is 7.87. The number of nitrogens with zero attached hydrogens (tertiary/aromatic N) is 1. The minimum Gasteiger partial charge on any atom is -0.380 e. The number of fused-ring (bicyclic) bond motifs is 1. The summed E-state index contributed by atoms with van der Waals surface area (Å²) in [5.41, 5.74) is 3.82. The summed E-state index contributed by atoms with van der Waals surface area (Å²) < 4.78 is 1.18. The zero-order valence-corrected chi connectivity index (χ0v) is 10.9. The number of nitrogens with one attached hydrogen (secondary N) is 2. The van der Waals surface area contributed by atoms with Crippen LogP contribution in [0.5, 0.6) is 0 Å². The van der Waals surface area contributed by atoms with Gasteiger partial charge in [-0.1, -0.05) is 11.6 Å². The van der Waals surface area contributed by atoms with Gasteiger partial charge in [0.25, 0.3) is 0 Å². The second kappa shape index (κ2) is 4.80.